The van der Waals surface area contributed by atoms with E-state index in [9.17, 15) is 9.90 Å². The Labute approximate surface area is 161 Å². The van der Waals surface area contributed by atoms with Gasteiger partial charge in [0.05, 0.1) is 0 Å². The molecule has 0 amide bonds. The SMILES string of the molecule is CN(C)CCN1CCN(C(C)(C(=O)O)C2(c3cccc(Cl)c3)CC2)CC1. The van der Waals surface area contributed by atoms with Crippen molar-refractivity contribution in [3.05, 3.63) is 34.9 Å². The van der Waals surface area contributed by atoms with Crippen molar-refractivity contribution in [2.24, 2.45) is 0 Å². The smallest absolute Gasteiger partial charge is 0.324 e. The maximum absolute atomic E-state index is 12.5. The van der Waals surface area contributed by atoms with E-state index >= 15 is 0 Å². The Morgan fingerprint density at radius 2 is 1.92 bits per heavy atom. The van der Waals surface area contributed by atoms with Gasteiger partial charge in [-0.25, -0.2) is 0 Å². The van der Waals surface area contributed by atoms with E-state index in [4.69, 9.17) is 11.6 Å². The normalized spacial score (nSPS) is 23.0. The average molecular weight is 380 g/mol. The topological polar surface area (TPSA) is 47.0 Å². The molecule has 1 unspecified atom stereocenters. The number of likely N-dealkylation sites (N-methyl/N-ethyl adjacent to an activating group) is 1. The van der Waals surface area contributed by atoms with Gasteiger partial charge in [-0.1, -0.05) is 23.7 Å². The van der Waals surface area contributed by atoms with Gasteiger partial charge in [0.25, 0.3) is 0 Å². The van der Waals surface area contributed by atoms with Crippen molar-refractivity contribution in [3.63, 3.8) is 0 Å². The van der Waals surface area contributed by atoms with Crippen LogP contribution in [0.3, 0.4) is 0 Å². The fourth-order valence-corrected chi connectivity index (χ4v) is 4.56. The van der Waals surface area contributed by atoms with E-state index in [1.54, 1.807) is 0 Å². The van der Waals surface area contributed by atoms with Gasteiger partial charge in [-0.3, -0.25) is 14.6 Å². The molecule has 6 heteroatoms. The highest BCUT2D eigenvalue weighted by molar-refractivity contribution is 6.30. The fourth-order valence-electron chi connectivity index (χ4n) is 4.37. The maximum atomic E-state index is 12.5. The number of hydrogen-bond donors (Lipinski definition) is 1. The summed E-state index contributed by atoms with van der Waals surface area (Å²) in [7, 11) is 4.17. The predicted octanol–water partition coefficient (Wildman–Crippen LogP) is 2.39. The quantitative estimate of drug-likeness (QED) is 0.788. The molecular weight excluding hydrogens is 350 g/mol. The van der Waals surface area contributed by atoms with Crippen LogP contribution in [-0.4, -0.2) is 84.7 Å². The molecule has 1 aromatic rings. The number of nitrogens with zero attached hydrogens (tertiary/aromatic N) is 3. The number of benzene rings is 1. The molecule has 0 radical (unpaired) electrons. The van der Waals surface area contributed by atoms with E-state index in [0.29, 0.717) is 5.02 Å². The van der Waals surface area contributed by atoms with Gasteiger partial charge >= 0.3 is 5.97 Å². The van der Waals surface area contributed by atoms with Gasteiger partial charge in [0.15, 0.2) is 0 Å². The predicted molar refractivity (Wildman–Crippen MR) is 105 cm³/mol. The number of halogens is 1. The first-order chi connectivity index (χ1) is 12.3. The number of piperazine rings is 1. The van der Waals surface area contributed by atoms with Gasteiger partial charge in [0.2, 0.25) is 0 Å². The molecule has 1 aliphatic carbocycles. The summed E-state index contributed by atoms with van der Waals surface area (Å²) in [6.07, 6.45) is 1.80. The average Bonchev–Trinajstić information content (AvgIpc) is 3.42. The molecule has 0 aromatic heterocycles. The highest BCUT2D eigenvalue weighted by Crippen LogP contribution is 2.58. The van der Waals surface area contributed by atoms with Crippen molar-refractivity contribution >= 4 is 17.6 Å². The number of rotatable bonds is 7. The highest BCUT2D eigenvalue weighted by atomic mass is 35.5. The van der Waals surface area contributed by atoms with Crippen molar-refractivity contribution in [3.8, 4) is 0 Å². The number of carbonyl (C=O) groups is 1. The lowest BCUT2D eigenvalue weighted by Crippen LogP contribution is -2.64. The summed E-state index contributed by atoms with van der Waals surface area (Å²) in [5.41, 5.74) is -0.175. The number of carboxylic acids is 1. The third-order valence-electron chi connectivity index (χ3n) is 6.34. The third-order valence-corrected chi connectivity index (χ3v) is 6.58. The van der Waals surface area contributed by atoms with Gasteiger partial charge in [-0.2, -0.15) is 0 Å². The summed E-state index contributed by atoms with van der Waals surface area (Å²) in [5, 5.41) is 10.9. The second-order valence-electron chi connectivity index (χ2n) is 8.10. The molecule has 1 saturated heterocycles. The summed E-state index contributed by atoms with van der Waals surface area (Å²) in [5.74, 6) is -0.725. The second-order valence-corrected chi connectivity index (χ2v) is 8.54. The van der Waals surface area contributed by atoms with E-state index in [-0.39, 0.29) is 5.41 Å². The van der Waals surface area contributed by atoms with Crippen molar-refractivity contribution in [2.45, 2.75) is 30.7 Å². The molecule has 0 spiro atoms. The van der Waals surface area contributed by atoms with Crippen LogP contribution in [0.1, 0.15) is 25.3 Å². The molecule has 26 heavy (non-hydrogen) atoms. The lowest BCUT2D eigenvalue weighted by Gasteiger charge is -2.48. The van der Waals surface area contributed by atoms with Crippen LogP contribution in [0, 0.1) is 0 Å². The molecule has 1 aromatic carbocycles. The van der Waals surface area contributed by atoms with Crippen molar-refractivity contribution in [1.29, 1.82) is 0 Å². The minimum Gasteiger partial charge on any atom is -0.480 e. The molecule has 1 atom stereocenters. The zero-order chi connectivity index (χ0) is 18.9. The minimum absolute atomic E-state index is 0.338. The van der Waals surface area contributed by atoms with Crippen LogP contribution in [0.25, 0.3) is 0 Å². The van der Waals surface area contributed by atoms with Crippen LogP contribution in [0.2, 0.25) is 5.02 Å². The van der Waals surface area contributed by atoms with Crippen LogP contribution in [0.4, 0.5) is 0 Å². The van der Waals surface area contributed by atoms with Gasteiger partial charge in [-0.05, 0) is 51.6 Å². The van der Waals surface area contributed by atoms with Gasteiger partial charge in [-0.15, -0.1) is 0 Å². The largest absolute Gasteiger partial charge is 0.480 e. The first-order valence-electron chi connectivity index (χ1n) is 9.41. The Kier molecular flexibility index (Phi) is 5.63. The minimum atomic E-state index is -0.897. The maximum Gasteiger partial charge on any atom is 0.324 e. The third kappa shape index (κ3) is 3.50. The molecule has 3 rings (SSSR count). The molecule has 5 nitrogen and oxygen atoms in total. The van der Waals surface area contributed by atoms with E-state index in [1.165, 1.54) is 0 Å². The fraction of sp³-hybridized carbons (Fsp3) is 0.650. The first-order valence-corrected chi connectivity index (χ1v) is 9.79. The summed E-state index contributed by atoms with van der Waals surface area (Å²) >= 11 is 6.20. The van der Waals surface area contributed by atoms with E-state index in [2.05, 4.69) is 28.8 Å². The zero-order valence-corrected chi connectivity index (χ0v) is 16.8. The molecule has 2 fully saturated rings. The molecular formula is C20H30ClN3O2. The summed E-state index contributed by atoms with van der Waals surface area (Å²) in [4.78, 5) is 19.3. The zero-order valence-electron chi connectivity index (χ0n) is 16.0. The van der Waals surface area contributed by atoms with E-state index in [0.717, 1.165) is 57.7 Å². The standard InChI is InChI=1S/C20H30ClN3O2/c1-19(18(25)26,20(7-8-20)16-5-4-6-17(21)15-16)24-13-11-23(12-14-24)10-9-22(2)3/h4-6,15H,7-14H2,1-3H3,(H,25,26). The van der Waals surface area contributed by atoms with Crippen LogP contribution >= 0.6 is 11.6 Å². The Balaban J connectivity index is 1.78. The first kappa shape index (κ1) is 19.6. The lowest BCUT2D eigenvalue weighted by atomic mass is 9.75. The molecule has 2 aliphatic rings. The van der Waals surface area contributed by atoms with Crippen molar-refractivity contribution in [2.75, 3.05) is 53.4 Å². The number of aliphatic carboxylic acids is 1. The summed E-state index contributed by atoms with van der Waals surface area (Å²) < 4.78 is 0. The monoisotopic (exact) mass is 379 g/mol. The molecule has 1 N–H and O–H groups in total. The highest BCUT2D eigenvalue weighted by Gasteiger charge is 2.64. The summed E-state index contributed by atoms with van der Waals surface area (Å²) in [6.45, 7) is 7.40. The molecule has 1 heterocycles. The van der Waals surface area contributed by atoms with Crippen LogP contribution in [-0.2, 0) is 10.2 Å². The Morgan fingerprint density at radius 1 is 1.27 bits per heavy atom. The number of hydrogen-bond acceptors (Lipinski definition) is 4. The van der Waals surface area contributed by atoms with E-state index < -0.39 is 11.5 Å². The summed E-state index contributed by atoms with van der Waals surface area (Å²) in [6, 6.07) is 7.76. The molecule has 0 bridgehead atoms. The van der Waals surface area contributed by atoms with Gasteiger partial charge in [0, 0.05) is 49.7 Å². The molecule has 144 valence electrons. The van der Waals surface area contributed by atoms with Gasteiger partial charge < -0.3 is 10.0 Å². The Bertz CT molecular complexity index is 654. The second kappa shape index (κ2) is 7.47. The number of carboxylic acid groups (broad SMARTS) is 1. The van der Waals surface area contributed by atoms with Crippen LogP contribution in [0.15, 0.2) is 24.3 Å². The van der Waals surface area contributed by atoms with Gasteiger partial charge in [0.1, 0.15) is 5.54 Å². The molecule has 1 saturated carbocycles. The lowest BCUT2D eigenvalue weighted by molar-refractivity contribution is -0.155. The Hall–Kier alpha value is -1.14. The molecule has 1 aliphatic heterocycles. The van der Waals surface area contributed by atoms with E-state index in [1.807, 2.05) is 31.2 Å². The van der Waals surface area contributed by atoms with Crippen molar-refractivity contribution < 1.29 is 9.90 Å². The van der Waals surface area contributed by atoms with Crippen molar-refractivity contribution in [1.82, 2.24) is 14.7 Å². The van der Waals surface area contributed by atoms with Crippen LogP contribution < -0.4 is 0 Å². The van der Waals surface area contributed by atoms with Crippen LogP contribution in [0.5, 0.6) is 0 Å². The Morgan fingerprint density at radius 3 is 2.42 bits per heavy atom.